The SMILES string of the molecule is CCC(CC)(CC(=O)Nc1cccc(NC(=O)c2cccs2)c1)C(=O)O. The Hall–Kier alpha value is -2.67. The van der Waals surface area contributed by atoms with E-state index in [1.54, 1.807) is 50.2 Å². The Morgan fingerprint density at radius 3 is 2.23 bits per heavy atom. The number of hydrogen-bond acceptors (Lipinski definition) is 4. The number of carbonyl (C=O) groups excluding carboxylic acids is 2. The number of amides is 2. The smallest absolute Gasteiger partial charge is 0.310 e. The van der Waals surface area contributed by atoms with Gasteiger partial charge in [0, 0.05) is 17.8 Å². The maximum absolute atomic E-state index is 12.3. The Balaban J connectivity index is 2.04. The van der Waals surface area contributed by atoms with Gasteiger partial charge in [0.05, 0.1) is 10.3 Å². The van der Waals surface area contributed by atoms with Gasteiger partial charge in [-0.3, -0.25) is 14.4 Å². The highest BCUT2D eigenvalue weighted by Crippen LogP contribution is 2.31. The Bertz CT molecular complexity index is 783. The third kappa shape index (κ3) is 4.70. The minimum Gasteiger partial charge on any atom is -0.481 e. The largest absolute Gasteiger partial charge is 0.481 e. The second kappa shape index (κ2) is 8.62. The molecule has 6 nitrogen and oxygen atoms in total. The summed E-state index contributed by atoms with van der Waals surface area (Å²) in [4.78, 5) is 36.5. The van der Waals surface area contributed by atoms with Crippen LogP contribution in [0, 0.1) is 5.41 Å². The molecule has 1 heterocycles. The van der Waals surface area contributed by atoms with Gasteiger partial charge in [0.15, 0.2) is 0 Å². The predicted octanol–water partition coefficient (Wildman–Crippen LogP) is 4.22. The number of nitrogens with one attached hydrogen (secondary N) is 2. The third-order valence-electron chi connectivity index (χ3n) is 4.46. The van der Waals surface area contributed by atoms with Crippen molar-refractivity contribution in [1.29, 1.82) is 0 Å². The van der Waals surface area contributed by atoms with Crippen molar-refractivity contribution in [2.75, 3.05) is 10.6 Å². The summed E-state index contributed by atoms with van der Waals surface area (Å²) < 4.78 is 0. The minimum absolute atomic E-state index is 0.0961. The summed E-state index contributed by atoms with van der Waals surface area (Å²) >= 11 is 1.34. The first-order valence-electron chi connectivity index (χ1n) is 8.38. The van der Waals surface area contributed by atoms with Gasteiger partial charge in [-0.05, 0) is 42.5 Å². The molecule has 2 aromatic rings. The van der Waals surface area contributed by atoms with E-state index < -0.39 is 11.4 Å². The van der Waals surface area contributed by atoms with E-state index in [0.29, 0.717) is 29.1 Å². The summed E-state index contributed by atoms with van der Waals surface area (Å²) in [6.45, 7) is 3.54. The molecule has 26 heavy (non-hydrogen) atoms. The van der Waals surface area contributed by atoms with Crippen molar-refractivity contribution < 1.29 is 19.5 Å². The van der Waals surface area contributed by atoms with E-state index in [9.17, 15) is 19.5 Å². The number of benzene rings is 1. The molecule has 0 aliphatic carbocycles. The van der Waals surface area contributed by atoms with Crippen molar-refractivity contribution in [1.82, 2.24) is 0 Å². The van der Waals surface area contributed by atoms with Gasteiger partial charge in [0.2, 0.25) is 5.91 Å². The van der Waals surface area contributed by atoms with E-state index in [1.807, 2.05) is 5.38 Å². The molecule has 0 saturated heterocycles. The highest BCUT2D eigenvalue weighted by atomic mass is 32.1. The van der Waals surface area contributed by atoms with Crippen LogP contribution in [-0.4, -0.2) is 22.9 Å². The monoisotopic (exact) mass is 374 g/mol. The fraction of sp³-hybridized carbons (Fsp3) is 0.316. The fourth-order valence-corrected chi connectivity index (χ4v) is 3.28. The molecular weight excluding hydrogens is 352 g/mol. The van der Waals surface area contributed by atoms with E-state index in [-0.39, 0.29) is 18.2 Å². The third-order valence-corrected chi connectivity index (χ3v) is 5.32. The van der Waals surface area contributed by atoms with E-state index in [0.717, 1.165) is 0 Å². The zero-order valence-electron chi connectivity index (χ0n) is 14.7. The molecule has 3 N–H and O–H groups in total. The average molecular weight is 374 g/mol. The van der Waals surface area contributed by atoms with Gasteiger partial charge >= 0.3 is 5.97 Å². The molecule has 1 aromatic heterocycles. The van der Waals surface area contributed by atoms with Crippen LogP contribution in [0.5, 0.6) is 0 Å². The van der Waals surface area contributed by atoms with Crippen LogP contribution in [0.2, 0.25) is 0 Å². The van der Waals surface area contributed by atoms with Crippen molar-refractivity contribution in [2.24, 2.45) is 5.41 Å². The average Bonchev–Trinajstić information content (AvgIpc) is 3.14. The molecule has 0 aliphatic rings. The Morgan fingerprint density at radius 2 is 1.69 bits per heavy atom. The highest BCUT2D eigenvalue weighted by molar-refractivity contribution is 7.12. The quantitative estimate of drug-likeness (QED) is 0.645. The van der Waals surface area contributed by atoms with Gasteiger partial charge in [-0.1, -0.05) is 26.0 Å². The lowest BCUT2D eigenvalue weighted by Gasteiger charge is -2.25. The number of anilines is 2. The predicted molar refractivity (Wildman–Crippen MR) is 103 cm³/mol. The summed E-state index contributed by atoms with van der Waals surface area (Å²) in [6, 6.07) is 10.3. The van der Waals surface area contributed by atoms with Gasteiger partial charge in [0.1, 0.15) is 0 Å². The van der Waals surface area contributed by atoms with E-state index in [1.165, 1.54) is 11.3 Å². The number of hydrogen-bond donors (Lipinski definition) is 3. The normalized spacial score (nSPS) is 11.0. The maximum atomic E-state index is 12.3. The van der Waals surface area contributed by atoms with Gasteiger partial charge in [0.25, 0.3) is 5.91 Å². The molecule has 1 aromatic carbocycles. The van der Waals surface area contributed by atoms with E-state index in [4.69, 9.17) is 0 Å². The van der Waals surface area contributed by atoms with Crippen molar-refractivity contribution in [2.45, 2.75) is 33.1 Å². The number of carboxylic acid groups (broad SMARTS) is 1. The molecule has 0 bridgehead atoms. The lowest BCUT2D eigenvalue weighted by atomic mass is 9.79. The summed E-state index contributed by atoms with van der Waals surface area (Å²) in [5.41, 5.74) is -0.00288. The first-order chi connectivity index (χ1) is 12.4. The van der Waals surface area contributed by atoms with Gasteiger partial charge in [-0.15, -0.1) is 11.3 Å². The fourth-order valence-electron chi connectivity index (χ4n) is 2.67. The number of thiophene rings is 1. The summed E-state index contributed by atoms with van der Waals surface area (Å²) in [5.74, 6) is -1.54. The van der Waals surface area contributed by atoms with E-state index >= 15 is 0 Å². The molecule has 0 radical (unpaired) electrons. The van der Waals surface area contributed by atoms with Crippen LogP contribution < -0.4 is 10.6 Å². The highest BCUT2D eigenvalue weighted by Gasteiger charge is 2.37. The molecule has 138 valence electrons. The number of carbonyl (C=O) groups is 3. The number of rotatable bonds is 8. The van der Waals surface area contributed by atoms with Crippen LogP contribution in [0.15, 0.2) is 41.8 Å². The van der Waals surface area contributed by atoms with Crippen LogP contribution in [-0.2, 0) is 9.59 Å². The standard InChI is InChI=1S/C19H22N2O4S/c1-3-19(4-2,18(24)25)12-16(22)20-13-7-5-8-14(11-13)21-17(23)15-9-6-10-26-15/h5-11H,3-4,12H2,1-2H3,(H,20,22)(H,21,23)(H,24,25). The topological polar surface area (TPSA) is 95.5 Å². The molecule has 2 rings (SSSR count). The molecule has 0 aliphatic heterocycles. The molecule has 7 heteroatoms. The van der Waals surface area contributed by atoms with Gasteiger partial charge in [-0.2, -0.15) is 0 Å². The first-order valence-corrected chi connectivity index (χ1v) is 9.26. The van der Waals surface area contributed by atoms with Gasteiger partial charge in [-0.25, -0.2) is 0 Å². The van der Waals surface area contributed by atoms with Crippen LogP contribution in [0.4, 0.5) is 11.4 Å². The molecule has 0 atom stereocenters. The van der Waals surface area contributed by atoms with Crippen molar-refractivity contribution in [3.8, 4) is 0 Å². The Kier molecular flexibility index (Phi) is 6.52. The molecule has 0 unspecified atom stereocenters. The summed E-state index contributed by atoms with van der Waals surface area (Å²) in [6.07, 6.45) is 0.660. The summed E-state index contributed by atoms with van der Waals surface area (Å²) in [7, 11) is 0. The molecule has 0 fully saturated rings. The Morgan fingerprint density at radius 1 is 1.04 bits per heavy atom. The van der Waals surface area contributed by atoms with Crippen molar-refractivity contribution in [3.63, 3.8) is 0 Å². The van der Waals surface area contributed by atoms with Crippen LogP contribution in [0.3, 0.4) is 0 Å². The lowest BCUT2D eigenvalue weighted by molar-refractivity contribution is -0.151. The molecule has 0 spiro atoms. The van der Waals surface area contributed by atoms with Crippen LogP contribution in [0.1, 0.15) is 42.8 Å². The first kappa shape index (κ1) is 19.7. The number of carboxylic acids is 1. The van der Waals surface area contributed by atoms with Crippen molar-refractivity contribution >= 4 is 40.5 Å². The van der Waals surface area contributed by atoms with Gasteiger partial charge < -0.3 is 15.7 Å². The zero-order valence-corrected chi connectivity index (χ0v) is 15.6. The Labute approximate surface area is 156 Å². The lowest BCUT2D eigenvalue weighted by Crippen LogP contribution is -2.34. The molecule has 2 amide bonds. The zero-order chi connectivity index (χ0) is 19.2. The summed E-state index contributed by atoms with van der Waals surface area (Å²) in [5, 5.41) is 16.8. The number of aliphatic carboxylic acids is 1. The second-order valence-electron chi connectivity index (χ2n) is 6.03. The maximum Gasteiger partial charge on any atom is 0.310 e. The second-order valence-corrected chi connectivity index (χ2v) is 6.98. The minimum atomic E-state index is -1.06. The van der Waals surface area contributed by atoms with E-state index in [2.05, 4.69) is 10.6 Å². The van der Waals surface area contributed by atoms with Crippen LogP contribution >= 0.6 is 11.3 Å². The van der Waals surface area contributed by atoms with Crippen LogP contribution in [0.25, 0.3) is 0 Å². The molecular formula is C19H22N2O4S. The molecule has 0 saturated carbocycles. The van der Waals surface area contributed by atoms with Crippen molar-refractivity contribution in [3.05, 3.63) is 46.7 Å².